The summed E-state index contributed by atoms with van der Waals surface area (Å²) in [6.45, 7) is 0. The highest BCUT2D eigenvalue weighted by Gasteiger charge is 2.49. The number of thioether (sulfide) groups is 1. The minimum Gasteiger partial charge on any atom is -0.495 e. The first kappa shape index (κ1) is 17.2. The van der Waals surface area contributed by atoms with Crippen molar-refractivity contribution in [3.05, 3.63) is 23.2 Å². The Morgan fingerprint density at radius 2 is 2.12 bits per heavy atom. The van der Waals surface area contributed by atoms with Gasteiger partial charge in [0.2, 0.25) is 0 Å². The quantitative estimate of drug-likeness (QED) is 0.775. The molecular weight excluding hydrogens is 384 g/mol. The SMILES string of the molecule is COc1ccc(N2C(=NC(=O)C3CC3)S[C@H]3CS(=O)(=O)C[C@H]32)cc1Cl. The summed E-state index contributed by atoms with van der Waals surface area (Å²) < 4.78 is 29.3. The maximum absolute atomic E-state index is 12.2. The number of aliphatic imine (C=N–C) groups is 1. The van der Waals surface area contributed by atoms with Crippen LogP contribution < -0.4 is 9.64 Å². The summed E-state index contributed by atoms with van der Waals surface area (Å²) in [6, 6.07) is 5.05. The van der Waals surface area contributed by atoms with Crippen molar-refractivity contribution in [2.24, 2.45) is 10.9 Å². The number of amides is 1. The third-order valence-corrected chi connectivity index (χ3v) is 8.12. The minimum absolute atomic E-state index is 0.0265. The highest BCUT2D eigenvalue weighted by atomic mass is 35.5. The van der Waals surface area contributed by atoms with Gasteiger partial charge in [0.15, 0.2) is 15.0 Å². The first-order valence-corrected chi connectivity index (χ1v) is 11.1. The molecule has 3 fully saturated rings. The molecule has 0 radical (unpaired) electrons. The number of nitrogens with zero attached hydrogens (tertiary/aromatic N) is 2. The van der Waals surface area contributed by atoms with E-state index in [1.54, 1.807) is 12.1 Å². The lowest BCUT2D eigenvalue weighted by Gasteiger charge is -2.25. The number of benzene rings is 1. The molecule has 3 aliphatic rings. The second kappa shape index (κ2) is 6.17. The van der Waals surface area contributed by atoms with E-state index in [4.69, 9.17) is 16.3 Å². The third kappa shape index (κ3) is 3.27. The van der Waals surface area contributed by atoms with Gasteiger partial charge in [-0.15, -0.1) is 0 Å². The maximum atomic E-state index is 12.2. The fourth-order valence-electron chi connectivity index (χ4n) is 3.19. The predicted molar refractivity (Wildman–Crippen MR) is 99.5 cm³/mol. The number of fused-ring (bicyclic) bond motifs is 1. The zero-order valence-electron chi connectivity index (χ0n) is 13.5. The number of amidine groups is 1. The molecule has 2 aliphatic heterocycles. The van der Waals surface area contributed by atoms with Crippen LogP contribution in [0.5, 0.6) is 5.75 Å². The number of carbonyl (C=O) groups excluding carboxylic acids is 1. The highest BCUT2D eigenvalue weighted by molar-refractivity contribution is 8.16. The van der Waals surface area contributed by atoms with Gasteiger partial charge in [-0.3, -0.25) is 4.79 Å². The van der Waals surface area contributed by atoms with Gasteiger partial charge in [-0.25, -0.2) is 8.42 Å². The number of carbonyl (C=O) groups is 1. The van der Waals surface area contributed by atoms with Gasteiger partial charge >= 0.3 is 0 Å². The summed E-state index contributed by atoms with van der Waals surface area (Å²) in [7, 11) is -1.55. The lowest BCUT2D eigenvalue weighted by atomic mass is 10.2. The molecule has 1 amide bonds. The van der Waals surface area contributed by atoms with Gasteiger partial charge in [0.05, 0.1) is 29.7 Å². The topological polar surface area (TPSA) is 76.0 Å². The average molecular weight is 401 g/mol. The van der Waals surface area contributed by atoms with Crippen LogP contribution in [0.25, 0.3) is 0 Å². The van der Waals surface area contributed by atoms with Crippen LogP contribution in [0.2, 0.25) is 5.02 Å². The number of methoxy groups -OCH3 is 1. The van der Waals surface area contributed by atoms with E-state index in [1.165, 1.54) is 18.9 Å². The van der Waals surface area contributed by atoms with E-state index in [9.17, 15) is 13.2 Å². The lowest BCUT2D eigenvalue weighted by molar-refractivity contribution is -0.118. The van der Waals surface area contributed by atoms with Crippen molar-refractivity contribution in [2.75, 3.05) is 23.5 Å². The normalized spacial score (nSPS) is 29.0. The van der Waals surface area contributed by atoms with Crippen LogP contribution in [0, 0.1) is 5.92 Å². The molecule has 4 rings (SSSR count). The minimum atomic E-state index is -3.09. The van der Waals surface area contributed by atoms with Gasteiger partial charge in [-0.1, -0.05) is 23.4 Å². The molecule has 9 heteroatoms. The van der Waals surface area contributed by atoms with Crippen molar-refractivity contribution in [2.45, 2.75) is 24.1 Å². The predicted octanol–water partition coefficient (Wildman–Crippen LogP) is 2.36. The Kier molecular flexibility index (Phi) is 4.24. The molecule has 25 heavy (non-hydrogen) atoms. The van der Waals surface area contributed by atoms with Crippen LogP contribution >= 0.6 is 23.4 Å². The lowest BCUT2D eigenvalue weighted by Crippen LogP contribution is -2.37. The number of halogens is 1. The van der Waals surface area contributed by atoms with Gasteiger partial charge in [0.25, 0.3) is 5.91 Å². The Labute approximate surface area is 155 Å². The van der Waals surface area contributed by atoms with Crippen LogP contribution in [-0.4, -0.2) is 49.4 Å². The molecule has 2 saturated heterocycles. The second-order valence-corrected chi connectivity index (χ2v) is 10.3. The van der Waals surface area contributed by atoms with Crippen molar-refractivity contribution in [1.82, 2.24) is 0 Å². The molecule has 0 bridgehead atoms. The molecule has 134 valence electrons. The fraction of sp³-hybridized carbons (Fsp3) is 0.500. The van der Waals surface area contributed by atoms with Gasteiger partial charge < -0.3 is 9.64 Å². The van der Waals surface area contributed by atoms with Crippen LogP contribution in [0.4, 0.5) is 5.69 Å². The summed E-state index contributed by atoms with van der Waals surface area (Å²) >= 11 is 7.61. The highest BCUT2D eigenvalue weighted by Crippen LogP contribution is 2.43. The van der Waals surface area contributed by atoms with Crippen LogP contribution in [0.3, 0.4) is 0 Å². The van der Waals surface area contributed by atoms with Crippen molar-refractivity contribution < 1.29 is 17.9 Å². The van der Waals surface area contributed by atoms with Crippen molar-refractivity contribution in [3.63, 3.8) is 0 Å². The molecule has 0 unspecified atom stereocenters. The number of hydrogen-bond donors (Lipinski definition) is 0. The van der Waals surface area contributed by atoms with Crippen molar-refractivity contribution >= 4 is 50.0 Å². The Bertz CT molecular complexity index is 867. The average Bonchev–Trinajstić information content (AvgIpc) is 3.28. The molecule has 2 heterocycles. The molecule has 1 saturated carbocycles. The van der Waals surface area contributed by atoms with E-state index in [0.717, 1.165) is 18.5 Å². The largest absolute Gasteiger partial charge is 0.495 e. The first-order chi connectivity index (χ1) is 11.9. The van der Waals surface area contributed by atoms with Crippen LogP contribution in [0.15, 0.2) is 23.2 Å². The first-order valence-electron chi connectivity index (χ1n) is 8.00. The van der Waals surface area contributed by atoms with E-state index < -0.39 is 9.84 Å². The number of hydrogen-bond acceptors (Lipinski definition) is 5. The summed E-state index contributed by atoms with van der Waals surface area (Å²) in [4.78, 5) is 18.3. The Morgan fingerprint density at radius 3 is 2.76 bits per heavy atom. The molecule has 1 aromatic rings. The zero-order chi connectivity index (χ0) is 17.8. The van der Waals surface area contributed by atoms with E-state index in [2.05, 4.69) is 4.99 Å². The standard InChI is InChI=1S/C16H17ClN2O4S2/c1-23-13-5-4-10(6-11(13)17)19-12-7-25(21,22)8-14(12)24-16(19)18-15(20)9-2-3-9/h4-6,9,12,14H,2-3,7-8H2,1H3/t12-,14+/m1/s1. The third-order valence-electron chi connectivity index (χ3n) is 4.61. The van der Waals surface area contributed by atoms with Gasteiger partial charge in [0.1, 0.15) is 5.75 Å². The number of sulfone groups is 1. The second-order valence-electron chi connectivity index (χ2n) is 6.50. The molecule has 2 atom stereocenters. The van der Waals surface area contributed by atoms with Gasteiger partial charge in [0, 0.05) is 16.9 Å². The zero-order valence-corrected chi connectivity index (χ0v) is 15.9. The summed E-state index contributed by atoms with van der Waals surface area (Å²) in [6.07, 6.45) is 1.77. The molecule has 0 spiro atoms. The van der Waals surface area contributed by atoms with E-state index in [0.29, 0.717) is 15.9 Å². The number of ether oxygens (including phenoxy) is 1. The molecule has 1 aliphatic carbocycles. The van der Waals surface area contributed by atoms with Gasteiger partial charge in [-0.05, 0) is 31.0 Å². The molecule has 6 nitrogen and oxygen atoms in total. The van der Waals surface area contributed by atoms with Crippen molar-refractivity contribution in [1.29, 1.82) is 0 Å². The summed E-state index contributed by atoms with van der Waals surface area (Å²) in [5.74, 6) is 0.624. The van der Waals surface area contributed by atoms with E-state index >= 15 is 0 Å². The van der Waals surface area contributed by atoms with E-state index in [-0.39, 0.29) is 34.6 Å². The Balaban J connectivity index is 1.73. The fourth-order valence-corrected chi connectivity index (χ4v) is 7.36. The summed E-state index contributed by atoms with van der Waals surface area (Å²) in [5.41, 5.74) is 0.727. The maximum Gasteiger partial charge on any atom is 0.251 e. The Morgan fingerprint density at radius 1 is 1.36 bits per heavy atom. The van der Waals surface area contributed by atoms with Gasteiger partial charge in [-0.2, -0.15) is 4.99 Å². The Hall–Kier alpha value is -1.25. The number of anilines is 1. The van der Waals surface area contributed by atoms with E-state index in [1.807, 2.05) is 11.0 Å². The van der Waals surface area contributed by atoms with Crippen LogP contribution in [0.1, 0.15) is 12.8 Å². The van der Waals surface area contributed by atoms with Crippen LogP contribution in [-0.2, 0) is 14.6 Å². The molecule has 0 N–H and O–H groups in total. The van der Waals surface area contributed by atoms with Crippen molar-refractivity contribution in [3.8, 4) is 5.75 Å². The molecular formula is C16H17ClN2O4S2. The monoisotopic (exact) mass is 400 g/mol. The molecule has 0 aromatic heterocycles. The molecule has 1 aromatic carbocycles. The smallest absolute Gasteiger partial charge is 0.251 e. The summed E-state index contributed by atoms with van der Waals surface area (Å²) in [5, 5.41) is 0.891. The number of rotatable bonds is 3.